The van der Waals surface area contributed by atoms with Gasteiger partial charge in [0.2, 0.25) is 0 Å². The van der Waals surface area contributed by atoms with Crippen LogP contribution >= 0.6 is 23.2 Å². The van der Waals surface area contributed by atoms with E-state index in [1.54, 1.807) is 0 Å². The van der Waals surface area contributed by atoms with Gasteiger partial charge >= 0.3 is 0 Å². The van der Waals surface area contributed by atoms with Gasteiger partial charge in [0.25, 0.3) is 0 Å². The number of aliphatic hydroxyl groups excluding tert-OH is 2. The Morgan fingerprint density at radius 1 is 1.55 bits per heavy atom. The first kappa shape index (κ1) is 9.55. The highest BCUT2D eigenvalue weighted by molar-refractivity contribution is 6.28. The van der Waals surface area contributed by atoms with Gasteiger partial charge < -0.3 is 14.9 Å². The predicted octanol–water partition coefficient (Wildman–Crippen LogP) is -0.0468. The molecule has 1 aliphatic rings. The van der Waals surface area contributed by atoms with Gasteiger partial charge in [-0.05, 0) is 0 Å². The first-order chi connectivity index (χ1) is 5.16. The fraction of sp³-hybridized carbons (Fsp3) is 1.00. The minimum Gasteiger partial charge on any atom is -0.388 e. The third kappa shape index (κ3) is 1.98. The van der Waals surface area contributed by atoms with Crippen molar-refractivity contribution < 1.29 is 14.9 Å². The van der Waals surface area contributed by atoms with E-state index in [-0.39, 0.29) is 12.5 Å². The normalized spacial score (nSPS) is 40.9. The zero-order valence-electron chi connectivity index (χ0n) is 5.78. The number of rotatable bonds is 2. The third-order valence-electron chi connectivity index (χ3n) is 1.69. The second-order valence-corrected chi connectivity index (χ2v) is 3.40. The van der Waals surface area contributed by atoms with Crippen LogP contribution in [-0.4, -0.2) is 46.4 Å². The minimum absolute atomic E-state index is 0.131. The average Bonchev–Trinajstić information content (AvgIpc) is 2.32. The summed E-state index contributed by atoms with van der Waals surface area (Å²) in [5.74, 6) is 0.204. The molecule has 0 aromatic rings. The summed E-state index contributed by atoms with van der Waals surface area (Å²) in [4.78, 5) is 0. The number of hydrogen-bond acceptors (Lipinski definition) is 3. The molecule has 1 aliphatic heterocycles. The molecule has 0 aromatic heterocycles. The van der Waals surface area contributed by atoms with E-state index in [1.165, 1.54) is 0 Å². The molecule has 3 nitrogen and oxygen atoms in total. The van der Waals surface area contributed by atoms with Crippen LogP contribution in [0.4, 0.5) is 0 Å². The van der Waals surface area contributed by atoms with Crippen LogP contribution in [0.25, 0.3) is 0 Å². The maximum Gasteiger partial charge on any atom is 0.110 e. The molecule has 1 saturated heterocycles. The largest absolute Gasteiger partial charge is 0.388 e. The Labute approximate surface area is 74.9 Å². The summed E-state index contributed by atoms with van der Waals surface area (Å²) in [5, 5.41) is 17.8. The Morgan fingerprint density at radius 3 is 2.55 bits per heavy atom. The van der Waals surface area contributed by atoms with Crippen molar-refractivity contribution in [1.82, 2.24) is 0 Å². The van der Waals surface area contributed by atoms with Crippen LogP contribution in [0, 0.1) is 0 Å². The lowest BCUT2D eigenvalue weighted by Crippen LogP contribution is -2.36. The molecule has 11 heavy (non-hydrogen) atoms. The van der Waals surface area contributed by atoms with Crippen LogP contribution in [0.1, 0.15) is 0 Å². The molecular weight excluding hydrogens is 191 g/mol. The number of ether oxygens (including phenoxy) is 1. The first-order valence-electron chi connectivity index (χ1n) is 3.34. The van der Waals surface area contributed by atoms with E-state index >= 15 is 0 Å². The highest BCUT2D eigenvalue weighted by Crippen LogP contribution is 2.21. The Kier molecular flexibility index (Phi) is 3.40. The van der Waals surface area contributed by atoms with Crippen LogP contribution in [-0.2, 0) is 4.74 Å². The van der Waals surface area contributed by atoms with Crippen molar-refractivity contribution >= 4 is 23.2 Å². The molecule has 66 valence electrons. The Hall–Kier alpha value is 0.460. The predicted molar refractivity (Wildman–Crippen MR) is 42.1 cm³/mol. The minimum atomic E-state index is -0.906. The smallest absolute Gasteiger partial charge is 0.110 e. The third-order valence-corrected chi connectivity index (χ3v) is 2.59. The monoisotopic (exact) mass is 200 g/mol. The van der Waals surface area contributed by atoms with Gasteiger partial charge in [-0.2, -0.15) is 0 Å². The molecule has 0 radical (unpaired) electrons. The van der Waals surface area contributed by atoms with E-state index in [4.69, 9.17) is 33.0 Å². The maximum atomic E-state index is 9.24. The van der Waals surface area contributed by atoms with E-state index in [2.05, 4.69) is 0 Å². The molecule has 2 N–H and O–H groups in total. The highest BCUT2D eigenvalue weighted by Gasteiger charge is 2.38. The molecular formula is C6H10Cl2O3. The van der Waals surface area contributed by atoms with Crippen molar-refractivity contribution in [3.63, 3.8) is 0 Å². The molecule has 0 spiro atoms. The molecule has 0 unspecified atom stereocenters. The van der Waals surface area contributed by atoms with Gasteiger partial charge in [-0.15, -0.1) is 23.2 Å². The molecule has 5 heteroatoms. The van der Waals surface area contributed by atoms with E-state index in [9.17, 15) is 5.11 Å². The molecule has 1 heterocycles. The van der Waals surface area contributed by atoms with Gasteiger partial charge in [-0.1, -0.05) is 0 Å². The second-order valence-electron chi connectivity index (χ2n) is 2.53. The summed E-state index contributed by atoms with van der Waals surface area (Å²) in [7, 11) is 0. The standard InChI is InChI=1S/C6H10Cl2O3/c7-1-3(8)6-5(10)4(9)2-11-6/h3-6,9-10H,1-2H2/t3-,4-,5-,6+/m0/s1. The van der Waals surface area contributed by atoms with Crippen LogP contribution in [0.2, 0.25) is 0 Å². The molecule has 4 atom stereocenters. The summed E-state index contributed by atoms with van der Waals surface area (Å²) in [6.07, 6.45) is -2.27. The van der Waals surface area contributed by atoms with Gasteiger partial charge in [0, 0.05) is 5.88 Å². The summed E-state index contributed by atoms with van der Waals surface area (Å²) in [6, 6.07) is 0. The second kappa shape index (κ2) is 3.92. The Morgan fingerprint density at radius 2 is 2.18 bits per heavy atom. The zero-order chi connectivity index (χ0) is 8.43. The number of halogens is 2. The molecule has 0 bridgehead atoms. The van der Waals surface area contributed by atoms with Crippen molar-refractivity contribution in [1.29, 1.82) is 0 Å². The van der Waals surface area contributed by atoms with Crippen molar-refractivity contribution in [2.45, 2.75) is 23.7 Å². The van der Waals surface area contributed by atoms with Crippen molar-refractivity contribution in [3.05, 3.63) is 0 Å². The molecule has 1 rings (SSSR count). The number of aliphatic hydroxyl groups is 2. The molecule has 0 aliphatic carbocycles. The average molecular weight is 201 g/mol. The molecule has 0 aromatic carbocycles. The van der Waals surface area contributed by atoms with Crippen LogP contribution in [0.15, 0.2) is 0 Å². The summed E-state index contributed by atoms with van der Waals surface area (Å²) in [6.45, 7) is 0.131. The van der Waals surface area contributed by atoms with Crippen LogP contribution < -0.4 is 0 Å². The first-order valence-corrected chi connectivity index (χ1v) is 4.31. The lowest BCUT2D eigenvalue weighted by Gasteiger charge is -2.17. The molecule has 0 saturated carbocycles. The lowest BCUT2D eigenvalue weighted by atomic mass is 10.1. The highest BCUT2D eigenvalue weighted by atomic mass is 35.5. The van der Waals surface area contributed by atoms with Crippen molar-refractivity contribution in [2.75, 3.05) is 12.5 Å². The van der Waals surface area contributed by atoms with E-state index in [0.717, 1.165) is 0 Å². The molecule has 1 fully saturated rings. The lowest BCUT2D eigenvalue weighted by molar-refractivity contribution is 0.0239. The zero-order valence-corrected chi connectivity index (χ0v) is 7.29. The number of hydrogen-bond donors (Lipinski definition) is 2. The van der Waals surface area contributed by atoms with E-state index in [0.29, 0.717) is 0 Å². The van der Waals surface area contributed by atoms with E-state index in [1.807, 2.05) is 0 Å². The topological polar surface area (TPSA) is 49.7 Å². The number of alkyl halides is 2. The van der Waals surface area contributed by atoms with Gasteiger partial charge in [-0.3, -0.25) is 0 Å². The fourth-order valence-corrected chi connectivity index (χ4v) is 1.43. The van der Waals surface area contributed by atoms with Gasteiger partial charge in [0.15, 0.2) is 0 Å². The van der Waals surface area contributed by atoms with Gasteiger partial charge in [-0.25, -0.2) is 0 Å². The van der Waals surface area contributed by atoms with Crippen molar-refractivity contribution in [2.24, 2.45) is 0 Å². The van der Waals surface area contributed by atoms with Crippen LogP contribution in [0.5, 0.6) is 0 Å². The van der Waals surface area contributed by atoms with E-state index < -0.39 is 23.7 Å². The Bertz CT molecular complexity index is 133. The maximum absolute atomic E-state index is 9.24. The summed E-state index contributed by atoms with van der Waals surface area (Å²) in [5.41, 5.74) is 0. The van der Waals surface area contributed by atoms with Gasteiger partial charge in [0.05, 0.1) is 12.0 Å². The van der Waals surface area contributed by atoms with Gasteiger partial charge in [0.1, 0.15) is 18.3 Å². The molecule has 0 amide bonds. The summed E-state index contributed by atoms with van der Waals surface area (Å²) < 4.78 is 5.01. The van der Waals surface area contributed by atoms with Crippen LogP contribution in [0.3, 0.4) is 0 Å². The fourth-order valence-electron chi connectivity index (χ4n) is 1.03. The quantitative estimate of drug-likeness (QED) is 0.616. The Balaban J connectivity index is 2.47. The SMILES string of the molecule is O[C@@H]1[C@@H]([C@@H](Cl)CCl)OC[C@@H]1O. The summed E-state index contributed by atoms with van der Waals surface area (Å²) >= 11 is 11.1. The van der Waals surface area contributed by atoms with Crippen molar-refractivity contribution in [3.8, 4) is 0 Å².